The first kappa shape index (κ1) is 27.2. The fourth-order valence-corrected chi connectivity index (χ4v) is 5.28. The largest absolute Gasteiger partial charge is 0.292 e. The summed E-state index contributed by atoms with van der Waals surface area (Å²) in [6, 6.07) is 30.0. The molecule has 0 amide bonds. The van der Waals surface area contributed by atoms with Crippen LogP contribution in [0.3, 0.4) is 0 Å². The van der Waals surface area contributed by atoms with Gasteiger partial charge in [-0.15, -0.1) is 0 Å². The summed E-state index contributed by atoms with van der Waals surface area (Å²) in [5.74, 6) is 7.41. The molecule has 0 spiro atoms. The maximum Gasteiger partial charge on any atom is 0.0451 e. The van der Waals surface area contributed by atoms with E-state index in [0.717, 1.165) is 36.8 Å². The predicted molar refractivity (Wildman–Crippen MR) is 164 cm³/mol. The lowest BCUT2D eigenvalue weighted by atomic mass is 9.86. The standard InChI is InChI=1S/C37H39N/c1-27(2)35-26-34(23-20-30-12-8-6-9-13-30)24-29(4)37(38-5)36(35)28(3)16-17-31-18-21-33(22-19-31)25-32-14-10-7-11-15-32/h6-15,18-19,21-22,26,29,34H,1,16-17,24-25H2,2-5H3/b36-28-,38-37?. The van der Waals surface area contributed by atoms with Gasteiger partial charge in [-0.1, -0.05) is 115 Å². The number of rotatable bonds is 6. The van der Waals surface area contributed by atoms with Crippen molar-refractivity contribution in [2.75, 3.05) is 7.05 Å². The van der Waals surface area contributed by atoms with Gasteiger partial charge in [-0.05, 0) is 73.9 Å². The van der Waals surface area contributed by atoms with E-state index in [0.29, 0.717) is 5.92 Å². The van der Waals surface area contributed by atoms with Gasteiger partial charge in [0.2, 0.25) is 0 Å². The van der Waals surface area contributed by atoms with E-state index in [1.54, 1.807) is 0 Å². The second kappa shape index (κ2) is 13.1. The Kier molecular flexibility index (Phi) is 9.34. The summed E-state index contributed by atoms with van der Waals surface area (Å²) in [5, 5.41) is 0. The molecule has 2 atom stereocenters. The summed E-state index contributed by atoms with van der Waals surface area (Å²) < 4.78 is 0. The fourth-order valence-electron chi connectivity index (χ4n) is 5.28. The van der Waals surface area contributed by atoms with Gasteiger partial charge in [-0.25, -0.2) is 0 Å². The van der Waals surface area contributed by atoms with E-state index in [2.05, 4.69) is 112 Å². The van der Waals surface area contributed by atoms with Crippen molar-refractivity contribution in [3.05, 3.63) is 142 Å². The molecule has 0 bridgehead atoms. The number of allylic oxidation sites excluding steroid dienone is 5. The van der Waals surface area contributed by atoms with Crippen molar-refractivity contribution in [1.82, 2.24) is 0 Å². The zero-order valence-corrected chi connectivity index (χ0v) is 23.3. The summed E-state index contributed by atoms with van der Waals surface area (Å²) in [6.45, 7) is 11.0. The minimum absolute atomic E-state index is 0.163. The first-order valence-electron chi connectivity index (χ1n) is 13.7. The Morgan fingerprint density at radius 3 is 2.11 bits per heavy atom. The van der Waals surface area contributed by atoms with Crippen LogP contribution in [0.4, 0.5) is 0 Å². The Labute approximate surface area is 229 Å². The minimum atomic E-state index is 0.163. The highest BCUT2D eigenvalue weighted by molar-refractivity contribution is 6.07. The van der Waals surface area contributed by atoms with Crippen LogP contribution in [0.25, 0.3) is 0 Å². The molecule has 0 saturated carbocycles. The molecule has 0 fully saturated rings. The van der Waals surface area contributed by atoms with Gasteiger partial charge >= 0.3 is 0 Å². The van der Waals surface area contributed by atoms with E-state index in [9.17, 15) is 0 Å². The van der Waals surface area contributed by atoms with Crippen molar-refractivity contribution in [3.63, 3.8) is 0 Å². The second-order valence-corrected chi connectivity index (χ2v) is 10.5. The Balaban J connectivity index is 1.56. The third-order valence-electron chi connectivity index (χ3n) is 7.33. The highest BCUT2D eigenvalue weighted by Gasteiger charge is 2.27. The van der Waals surface area contributed by atoms with Crippen LogP contribution in [-0.4, -0.2) is 12.8 Å². The second-order valence-electron chi connectivity index (χ2n) is 10.5. The van der Waals surface area contributed by atoms with Crippen molar-refractivity contribution in [2.45, 2.75) is 46.5 Å². The average Bonchev–Trinajstić information content (AvgIpc) is 3.08. The van der Waals surface area contributed by atoms with Gasteiger partial charge in [0.05, 0.1) is 0 Å². The number of aryl methyl sites for hydroxylation is 1. The number of hydrogen-bond donors (Lipinski definition) is 0. The summed E-state index contributed by atoms with van der Waals surface area (Å²) in [7, 11) is 1.93. The van der Waals surface area contributed by atoms with Crippen molar-refractivity contribution >= 4 is 5.71 Å². The summed E-state index contributed by atoms with van der Waals surface area (Å²) in [6.07, 6.45) is 6.27. The van der Waals surface area contributed by atoms with Crippen molar-refractivity contribution in [2.24, 2.45) is 16.8 Å². The molecule has 0 radical (unpaired) electrons. The van der Waals surface area contributed by atoms with Crippen LogP contribution < -0.4 is 0 Å². The molecule has 0 N–H and O–H groups in total. The van der Waals surface area contributed by atoms with E-state index >= 15 is 0 Å². The zero-order valence-electron chi connectivity index (χ0n) is 23.3. The van der Waals surface area contributed by atoms with Gasteiger partial charge in [0.15, 0.2) is 0 Å². The van der Waals surface area contributed by atoms with Gasteiger partial charge in [0.25, 0.3) is 0 Å². The van der Waals surface area contributed by atoms with Crippen LogP contribution in [0.5, 0.6) is 0 Å². The first-order valence-corrected chi connectivity index (χ1v) is 13.7. The zero-order chi connectivity index (χ0) is 26.9. The summed E-state index contributed by atoms with van der Waals surface area (Å²) in [5.41, 5.74) is 11.2. The highest BCUT2D eigenvalue weighted by atomic mass is 14.7. The molecule has 1 nitrogen and oxygen atoms in total. The molecule has 2 unspecified atom stereocenters. The molecule has 0 saturated heterocycles. The number of nitrogens with zero attached hydrogens (tertiary/aromatic N) is 1. The third kappa shape index (κ3) is 7.11. The molecule has 0 aliphatic heterocycles. The molecule has 0 heterocycles. The van der Waals surface area contributed by atoms with Gasteiger partial charge in [-0.3, -0.25) is 4.99 Å². The normalized spacial score (nSPS) is 19.7. The Morgan fingerprint density at radius 1 is 0.868 bits per heavy atom. The lowest BCUT2D eigenvalue weighted by molar-refractivity contribution is 0.625. The quantitative estimate of drug-likeness (QED) is 0.302. The number of hydrogen-bond acceptors (Lipinski definition) is 1. The Morgan fingerprint density at radius 2 is 1.47 bits per heavy atom. The smallest absolute Gasteiger partial charge is 0.0451 e. The van der Waals surface area contributed by atoms with Crippen LogP contribution in [0.15, 0.2) is 125 Å². The number of aliphatic imine (C=N–C) groups is 1. The van der Waals surface area contributed by atoms with E-state index in [1.807, 2.05) is 25.2 Å². The fraction of sp³-hybridized carbons (Fsp3) is 0.270. The molecule has 3 aromatic rings. The SMILES string of the molecule is C=C(C)C1=CC(C#Cc2ccccc2)CC(C)C(=NC)/C1=C(/C)CCc1ccc(Cc2ccccc2)cc1. The van der Waals surface area contributed by atoms with E-state index in [4.69, 9.17) is 4.99 Å². The Hall–Kier alpha value is -3.89. The lowest BCUT2D eigenvalue weighted by Crippen LogP contribution is -2.16. The van der Waals surface area contributed by atoms with Crippen LogP contribution in [0.2, 0.25) is 0 Å². The number of benzene rings is 3. The molecule has 4 rings (SSSR count). The molecule has 1 aliphatic rings. The molecular weight excluding hydrogens is 458 g/mol. The average molecular weight is 498 g/mol. The summed E-state index contributed by atoms with van der Waals surface area (Å²) >= 11 is 0. The molecule has 38 heavy (non-hydrogen) atoms. The van der Waals surface area contributed by atoms with Gasteiger partial charge < -0.3 is 0 Å². The van der Waals surface area contributed by atoms with Crippen molar-refractivity contribution in [1.29, 1.82) is 0 Å². The van der Waals surface area contributed by atoms with E-state index in [1.165, 1.54) is 39.1 Å². The van der Waals surface area contributed by atoms with Crippen LogP contribution in [0, 0.1) is 23.7 Å². The molecule has 3 aromatic carbocycles. The maximum absolute atomic E-state index is 4.81. The van der Waals surface area contributed by atoms with Crippen molar-refractivity contribution in [3.8, 4) is 11.8 Å². The van der Waals surface area contributed by atoms with Gasteiger partial charge in [0, 0.05) is 35.7 Å². The highest BCUT2D eigenvalue weighted by Crippen LogP contribution is 2.35. The first-order chi connectivity index (χ1) is 18.4. The van der Waals surface area contributed by atoms with Crippen molar-refractivity contribution < 1.29 is 0 Å². The molecule has 0 aromatic heterocycles. The van der Waals surface area contributed by atoms with E-state index < -0.39 is 0 Å². The van der Waals surface area contributed by atoms with E-state index in [-0.39, 0.29) is 5.92 Å². The van der Waals surface area contributed by atoms with Crippen LogP contribution in [-0.2, 0) is 12.8 Å². The minimum Gasteiger partial charge on any atom is -0.292 e. The third-order valence-corrected chi connectivity index (χ3v) is 7.33. The molecule has 192 valence electrons. The maximum atomic E-state index is 4.81. The molecular formula is C37H39N. The molecule has 1 heteroatoms. The lowest BCUT2D eigenvalue weighted by Gasteiger charge is -2.20. The summed E-state index contributed by atoms with van der Waals surface area (Å²) in [4.78, 5) is 4.81. The van der Waals surface area contributed by atoms with Crippen LogP contribution in [0.1, 0.15) is 55.9 Å². The van der Waals surface area contributed by atoms with Gasteiger partial charge in [-0.2, -0.15) is 0 Å². The topological polar surface area (TPSA) is 12.4 Å². The Bertz CT molecular complexity index is 1390. The molecule has 1 aliphatic carbocycles. The monoisotopic (exact) mass is 497 g/mol. The predicted octanol–water partition coefficient (Wildman–Crippen LogP) is 8.81. The van der Waals surface area contributed by atoms with Gasteiger partial charge in [0.1, 0.15) is 0 Å². The van der Waals surface area contributed by atoms with Crippen LogP contribution >= 0.6 is 0 Å².